The number of rotatable bonds is 9. The SMILES string of the molecule is CCOc1ccc(C(=O)NCC(=O)OCC(=O)NC(=O)NCc2ccccc2)cc1. The van der Waals surface area contributed by atoms with Crippen LogP contribution < -0.4 is 20.7 Å². The van der Waals surface area contributed by atoms with E-state index >= 15 is 0 Å². The molecule has 0 atom stereocenters. The summed E-state index contributed by atoms with van der Waals surface area (Å²) in [4.78, 5) is 47.0. The van der Waals surface area contributed by atoms with Gasteiger partial charge in [0, 0.05) is 12.1 Å². The summed E-state index contributed by atoms with van der Waals surface area (Å²) < 4.78 is 10.0. The molecule has 9 nitrogen and oxygen atoms in total. The van der Waals surface area contributed by atoms with Gasteiger partial charge in [-0.25, -0.2) is 4.79 Å². The minimum absolute atomic E-state index is 0.247. The zero-order valence-corrected chi connectivity index (χ0v) is 16.5. The van der Waals surface area contributed by atoms with Crippen LogP contribution in [0.3, 0.4) is 0 Å². The molecular weight excluding hydrogens is 390 g/mol. The molecule has 0 saturated heterocycles. The predicted octanol–water partition coefficient (Wildman–Crippen LogP) is 1.38. The number of hydrogen-bond acceptors (Lipinski definition) is 6. The zero-order chi connectivity index (χ0) is 21.8. The highest BCUT2D eigenvalue weighted by molar-refractivity contribution is 5.97. The van der Waals surface area contributed by atoms with Gasteiger partial charge in [-0.15, -0.1) is 0 Å². The van der Waals surface area contributed by atoms with Crippen molar-refractivity contribution in [2.75, 3.05) is 19.8 Å². The average Bonchev–Trinajstić information content (AvgIpc) is 2.76. The van der Waals surface area contributed by atoms with Gasteiger partial charge < -0.3 is 20.1 Å². The molecular formula is C21H23N3O6. The van der Waals surface area contributed by atoms with Crippen LogP contribution in [0.2, 0.25) is 0 Å². The Hall–Kier alpha value is -3.88. The summed E-state index contributed by atoms with van der Waals surface area (Å²) in [5, 5.41) is 6.94. The summed E-state index contributed by atoms with van der Waals surface area (Å²) in [6.45, 7) is 1.55. The lowest BCUT2D eigenvalue weighted by atomic mass is 10.2. The smallest absolute Gasteiger partial charge is 0.325 e. The number of hydrogen-bond donors (Lipinski definition) is 3. The zero-order valence-electron chi connectivity index (χ0n) is 16.5. The number of carbonyl (C=O) groups excluding carboxylic acids is 4. The number of nitrogens with one attached hydrogen (secondary N) is 3. The van der Waals surface area contributed by atoms with E-state index in [0.717, 1.165) is 5.56 Å². The summed E-state index contributed by atoms with van der Waals surface area (Å²) in [6.07, 6.45) is 0. The van der Waals surface area contributed by atoms with Gasteiger partial charge >= 0.3 is 12.0 Å². The van der Waals surface area contributed by atoms with E-state index in [1.807, 2.05) is 42.6 Å². The Kier molecular flexibility index (Phi) is 8.85. The monoisotopic (exact) mass is 413 g/mol. The van der Waals surface area contributed by atoms with Gasteiger partial charge in [-0.05, 0) is 36.8 Å². The molecule has 9 heteroatoms. The minimum atomic E-state index is -0.811. The number of urea groups is 1. The summed E-state index contributed by atoms with van der Waals surface area (Å²) in [6, 6.07) is 14.9. The summed E-state index contributed by atoms with van der Waals surface area (Å²) in [7, 11) is 0. The summed E-state index contributed by atoms with van der Waals surface area (Å²) >= 11 is 0. The van der Waals surface area contributed by atoms with Crippen molar-refractivity contribution in [3.8, 4) is 5.75 Å². The molecule has 0 bridgehead atoms. The Bertz CT molecular complexity index is 868. The second-order valence-corrected chi connectivity index (χ2v) is 6.02. The van der Waals surface area contributed by atoms with Crippen molar-refractivity contribution in [3.63, 3.8) is 0 Å². The van der Waals surface area contributed by atoms with Crippen LogP contribution in [0, 0.1) is 0 Å². The van der Waals surface area contributed by atoms with E-state index in [0.29, 0.717) is 17.9 Å². The van der Waals surface area contributed by atoms with Crippen molar-refractivity contribution in [3.05, 3.63) is 65.7 Å². The molecule has 0 aliphatic carbocycles. The van der Waals surface area contributed by atoms with Crippen molar-refractivity contribution in [2.24, 2.45) is 0 Å². The molecule has 2 rings (SSSR count). The van der Waals surface area contributed by atoms with Crippen molar-refractivity contribution in [1.82, 2.24) is 16.0 Å². The molecule has 2 aromatic rings. The molecule has 0 aliphatic rings. The lowest BCUT2D eigenvalue weighted by Gasteiger charge is -2.08. The van der Waals surface area contributed by atoms with Gasteiger partial charge in [0.2, 0.25) is 0 Å². The van der Waals surface area contributed by atoms with E-state index in [2.05, 4.69) is 10.6 Å². The maximum absolute atomic E-state index is 12.0. The van der Waals surface area contributed by atoms with Crippen LogP contribution in [0.5, 0.6) is 5.75 Å². The van der Waals surface area contributed by atoms with E-state index in [4.69, 9.17) is 9.47 Å². The lowest BCUT2D eigenvalue weighted by molar-refractivity contribution is -0.147. The normalized spacial score (nSPS) is 9.90. The highest BCUT2D eigenvalue weighted by Crippen LogP contribution is 2.11. The van der Waals surface area contributed by atoms with Crippen LogP contribution in [0.15, 0.2) is 54.6 Å². The molecule has 0 fully saturated rings. The van der Waals surface area contributed by atoms with E-state index in [1.165, 1.54) is 0 Å². The van der Waals surface area contributed by atoms with E-state index < -0.39 is 37.0 Å². The fourth-order valence-corrected chi connectivity index (χ4v) is 2.31. The first-order valence-electron chi connectivity index (χ1n) is 9.26. The average molecular weight is 413 g/mol. The number of benzene rings is 2. The molecule has 4 amide bonds. The standard InChI is InChI=1S/C21H23N3O6/c1-2-29-17-10-8-16(9-11-17)20(27)22-13-19(26)30-14-18(25)24-21(28)23-12-15-6-4-3-5-7-15/h3-11H,2,12-14H2,1H3,(H,22,27)(H2,23,24,25,28). The van der Waals surface area contributed by atoms with Crippen LogP contribution in [0.4, 0.5) is 4.79 Å². The van der Waals surface area contributed by atoms with Gasteiger partial charge in [0.15, 0.2) is 6.61 Å². The molecule has 0 aliphatic heterocycles. The Morgan fingerprint density at radius 2 is 1.60 bits per heavy atom. The van der Waals surface area contributed by atoms with Crippen molar-refractivity contribution in [1.29, 1.82) is 0 Å². The second-order valence-electron chi connectivity index (χ2n) is 6.02. The molecule has 158 valence electrons. The highest BCUT2D eigenvalue weighted by Gasteiger charge is 2.12. The number of amides is 4. The predicted molar refractivity (Wildman–Crippen MR) is 108 cm³/mol. The Morgan fingerprint density at radius 3 is 2.27 bits per heavy atom. The van der Waals surface area contributed by atoms with Crippen LogP contribution in [-0.4, -0.2) is 43.6 Å². The maximum atomic E-state index is 12.0. The van der Waals surface area contributed by atoms with Gasteiger partial charge in [0.25, 0.3) is 11.8 Å². The van der Waals surface area contributed by atoms with Gasteiger partial charge in [0.05, 0.1) is 6.61 Å². The summed E-state index contributed by atoms with van der Waals surface area (Å²) in [5.41, 5.74) is 1.22. The van der Waals surface area contributed by atoms with Crippen molar-refractivity contribution < 1.29 is 28.7 Å². The van der Waals surface area contributed by atoms with E-state index in [-0.39, 0.29) is 6.54 Å². The Morgan fingerprint density at radius 1 is 0.900 bits per heavy atom. The van der Waals surface area contributed by atoms with Crippen molar-refractivity contribution >= 4 is 23.8 Å². The lowest BCUT2D eigenvalue weighted by Crippen LogP contribution is -2.41. The van der Waals surface area contributed by atoms with E-state index in [1.54, 1.807) is 24.3 Å². The maximum Gasteiger partial charge on any atom is 0.325 e. The number of esters is 1. The molecule has 0 spiro atoms. The molecule has 2 aromatic carbocycles. The number of carbonyl (C=O) groups is 4. The van der Waals surface area contributed by atoms with Crippen LogP contribution >= 0.6 is 0 Å². The Balaban J connectivity index is 1.64. The molecule has 0 saturated carbocycles. The second kappa shape index (κ2) is 11.8. The van der Waals surface area contributed by atoms with Gasteiger partial charge in [0.1, 0.15) is 12.3 Å². The van der Waals surface area contributed by atoms with Crippen LogP contribution in [0.1, 0.15) is 22.8 Å². The fraction of sp³-hybridized carbons (Fsp3) is 0.238. The highest BCUT2D eigenvalue weighted by atomic mass is 16.5. The topological polar surface area (TPSA) is 123 Å². The molecule has 3 N–H and O–H groups in total. The third-order valence-corrected chi connectivity index (χ3v) is 3.73. The molecule has 0 radical (unpaired) electrons. The van der Waals surface area contributed by atoms with Gasteiger partial charge in [-0.2, -0.15) is 0 Å². The largest absolute Gasteiger partial charge is 0.494 e. The first-order chi connectivity index (χ1) is 14.5. The molecule has 0 aromatic heterocycles. The summed E-state index contributed by atoms with van der Waals surface area (Å²) in [5.74, 6) is -1.44. The molecule has 30 heavy (non-hydrogen) atoms. The third kappa shape index (κ3) is 8.01. The van der Waals surface area contributed by atoms with Crippen LogP contribution in [0.25, 0.3) is 0 Å². The first kappa shape index (κ1) is 22.4. The van der Waals surface area contributed by atoms with Crippen molar-refractivity contribution in [2.45, 2.75) is 13.5 Å². The van der Waals surface area contributed by atoms with E-state index in [9.17, 15) is 19.2 Å². The minimum Gasteiger partial charge on any atom is -0.494 e. The molecule has 0 unspecified atom stereocenters. The fourth-order valence-electron chi connectivity index (χ4n) is 2.31. The molecule has 0 heterocycles. The van der Waals surface area contributed by atoms with Crippen LogP contribution in [-0.2, 0) is 20.9 Å². The number of imide groups is 1. The van der Waals surface area contributed by atoms with Gasteiger partial charge in [-0.3, -0.25) is 19.7 Å². The number of ether oxygens (including phenoxy) is 2. The van der Waals surface area contributed by atoms with Gasteiger partial charge in [-0.1, -0.05) is 30.3 Å². The first-order valence-corrected chi connectivity index (χ1v) is 9.26. The Labute approximate surface area is 173 Å². The third-order valence-electron chi connectivity index (χ3n) is 3.73. The quantitative estimate of drug-likeness (QED) is 0.534.